The Labute approximate surface area is 216 Å². The Hall–Kier alpha value is -4.00. The smallest absolute Gasteiger partial charge is 0.304 e. The Morgan fingerprint density at radius 2 is 1.81 bits per heavy atom. The van der Waals surface area contributed by atoms with Crippen LogP contribution in [0.1, 0.15) is 68.6 Å². The second-order valence-corrected chi connectivity index (χ2v) is 10.0. The Balaban J connectivity index is 1.49. The van der Waals surface area contributed by atoms with E-state index < -0.39 is 5.97 Å². The number of carboxylic acid groups (broad SMARTS) is 1. The van der Waals surface area contributed by atoms with Crippen molar-refractivity contribution in [3.63, 3.8) is 0 Å². The van der Waals surface area contributed by atoms with E-state index in [-0.39, 0.29) is 18.2 Å². The zero-order valence-corrected chi connectivity index (χ0v) is 21.8. The van der Waals surface area contributed by atoms with Crippen molar-refractivity contribution in [1.82, 2.24) is 19.9 Å². The van der Waals surface area contributed by atoms with Crippen LogP contribution >= 0.6 is 0 Å². The standard InChI is InChI=1S/C30H32N4O3/c1-5-34-27-11-10-25(20(4)29(27)31-32-34)26(16-28(35)36)22-9-8-21-12-13-33(17-24(21)15-22)30(37)23-7-6-18(2)19(3)14-23/h6-11,14-15,26H,5,12-13,16-17H2,1-4H3,(H,35,36)/t26-/m1/s1. The number of nitrogens with zero attached hydrogens (tertiary/aromatic N) is 4. The fourth-order valence-electron chi connectivity index (χ4n) is 5.40. The van der Waals surface area contributed by atoms with Gasteiger partial charge >= 0.3 is 5.97 Å². The molecule has 0 saturated heterocycles. The maximum Gasteiger partial charge on any atom is 0.304 e. The van der Waals surface area contributed by atoms with Gasteiger partial charge in [-0.05, 0) is 91.3 Å². The number of aromatic nitrogens is 3. The van der Waals surface area contributed by atoms with Crippen molar-refractivity contribution >= 4 is 22.9 Å². The average Bonchev–Trinajstić information content (AvgIpc) is 3.32. The zero-order valence-electron chi connectivity index (χ0n) is 21.8. The topological polar surface area (TPSA) is 88.3 Å². The van der Waals surface area contributed by atoms with Crippen molar-refractivity contribution in [1.29, 1.82) is 0 Å². The number of hydrogen-bond acceptors (Lipinski definition) is 4. The fourth-order valence-corrected chi connectivity index (χ4v) is 5.40. The minimum Gasteiger partial charge on any atom is -0.481 e. The Morgan fingerprint density at radius 3 is 2.54 bits per heavy atom. The first-order valence-electron chi connectivity index (χ1n) is 12.8. The molecule has 0 bridgehead atoms. The van der Waals surface area contributed by atoms with Gasteiger partial charge in [0.05, 0.1) is 11.9 Å². The highest BCUT2D eigenvalue weighted by molar-refractivity contribution is 5.94. The van der Waals surface area contributed by atoms with Crippen LogP contribution in [0.25, 0.3) is 11.0 Å². The van der Waals surface area contributed by atoms with Crippen molar-refractivity contribution in [2.24, 2.45) is 0 Å². The van der Waals surface area contributed by atoms with E-state index in [1.807, 2.05) is 73.7 Å². The number of aliphatic carboxylic acids is 1. The number of carbonyl (C=O) groups excluding carboxylic acids is 1. The van der Waals surface area contributed by atoms with Gasteiger partial charge < -0.3 is 10.0 Å². The number of amides is 1. The molecule has 3 aromatic carbocycles. The molecular weight excluding hydrogens is 464 g/mol. The predicted octanol–water partition coefficient (Wildman–Crippen LogP) is 5.18. The third-order valence-corrected chi connectivity index (χ3v) is 7.72. The lowest BCUT2D eigenvalue weighted by atomic mass is 9.83. The second-order valence-electron chi connectivity index (χ2n) is 10.0. The molecule has 5 rings (SSSR count). The van der Waals surface area contributed by atoms with Crippen LogP contribution in [0, 0.1) is 20.8 Å². The van der Waals surface area contributed by atoms with E-state index in [4.69, 9.17) is 0 Å². The molecule has 2 heterocycles. The molecule has 190 valence electrons. The summed E-state index contributed by atoms with van der Waals surface area (Å²) in [6, 6.07) is 16.1. The monoisotopic (exact) mass is 496 g/mol. The number of fused-ring (bicyclic) bond motifs is 2. The SMILES string of the molecule is CCn1nnc2c(C)c([C@H](CC(=O)O)c3ccc4c(c3)CN(C(=O)c3ccc(C)c(C)c3)CC4)ccc21. The van der Waals surface area contributed by atoms with Crippen molar-refractivity contribution in [2.45, 2.75) is 59.5 Å². The summed E-state index contributed by atoms with van der Waals surface area (Å²) in [4.78, 5) is 27.1. The first-order valence-corrected chi connectivity index (χ1v) is 12.8. The van der Waals surface area contributed by atoms with E-state index in [0.29, 0.717) is 18.7 Å². The third-order valence-electron chi connectivity index (χ3n) is 7.72. The summed E-state index contributed by atoms with van der Waals surface area (Å²) in [6.45, 7) is 9.97. The number of hydrogen-bond donors (Lipinski definition) is 1. The number of benzene rings is 3. The van der Waals surface area contributed by atoms with Gasteiger partial charge in [-0.3, -0.25) is 9.59 Å². The van der Waals surface area contributed by atoms with Gasteiger partial charge in [-0.25, -0.2) is 4.68 Å². The molecular formula is C30H32N4O3. The van der Waals surface area contributed by atoms with Crippen molar-refractivity contribution < 1.29 is 14.7 Å². The maximum atomic E-state index is 13.3. The predicted molar refractivity (Wildman–Crippen MR) is 143 cm³/mol. The molecule has 0 spiro atoms. The molecule has 7 nitrogen and oxygen atoms in total. The van der Waals surface area contributed by atoms with Crippen LogP contribution in [-0.4, -0.2) is 43.4 Å². The summed E-state index contributed by atoms with van der Waals surface area (Å²) in [5, 5.41) is 18.4. The largest absolute Gasteiger partial charge is 0.481 e. The molecule has 0 aliphatic carbocycles. The normalized spacial score (nSPS) is 14.0. The molecule has 37 heavy (non-hydrogen) atoms. The van der Waals surface area contributed by atoms with Crippen molar-refractivity contribution in [3.05, 3.63) is 93.0 Å². The van der Waals surface area contributed by atoms with Crippen LogP contribution in [0.3, 0.4) is 0 Å². The summed E-state index contributed by atoms with van der Waals surface area (Å²) in [6.07, 6.45) is 0.749. The molecule has 1 N–H and O–H groups in total. The van der Waals surface area contributed by atoms with E-state index in [1.165, 1.54) is 11.1 Å². The molecule has 0 saturated carbocycles. The Kier molecular flexibility index (Phi) is 6.54. The third kappa shape index (κ3) is 4.61. The summed E-state index contributed by atoms with van der Waals surface area (Å²) in [7, 11) is 0. The van der Waals surface area contributed by atoms with Crippen LogP contribution in [0.4, 0.5) is 0 Å². The first kappa shape index (κ1) is 24.7. The number of aryl methyl sites for hydroxylation is 4. The molecule has 0 unspecified atom stereocenters. The highest BCUT2D eigenvalue weighted by Gasteiger charge is 2.26. The quantitative estimate of drug-likeness (QED) is 0.397. The van der Waals surface area contributed by atoms with E-state index in [2.05, 4.69) is 22.4 Å². The zero-order chi connectivity index (χ0) is 26.3. The molecule has 1 aromatic heterocycles. The highest BCUT2D eigenvalue weighted by Crippen LogP contribution is 2.35. The van der Waals surface area contributed by atoms with Gasteiger partial charge in [0, 0.05) is 31.1 Å². The van der Waals surface area contributed by atoms with Gasteiger partial charge in [0.1, 0.15) is 5.52 Å². The molecule has 1 atom stereocenters. The summed E-state index contributed by atoms with van der Waals surface area (Å²) >= 11 is 0. The fraction of sp³-hybridized carbons (Fsp3) is 0.333. The molecule has 1 aliphatic rings. The van der Waals surface area contributed by atoms with Crippen LogP contribution in [0.15, 0.2) is 48.5 Å². The molecule has 0 radical (unpaired) electrons. The number of rotatable bonds is 6. The van der Waals surface area contributed by atoms with Gasteiger partial charge in [-0.15, -0.1) is 5.10 Å². The molecule has 7 heteroatoms. The van der Waals surface area contributed by atoms with Crippen molar-refractivity contribution in [2.75, 3.05) is 6.54 Å². The summed E-state index contributed by atoms with van der Waals surface area (Å²) < 4.78 is 1.85. The lowest BCUT2D eigenvalue weighted by Gasteiger charge is -2.30. The van der Waals surface area contributed by atoms with Gasteiger partial charge in [-0.2, -0.15) is 0 Å². The van der Waals surface area contributed by atoms with E-state index in [0.717, 1.165) is 51.8 Å². The van der Waals surface area contributed by atoms with Crippen LogP contribution < -0.4 is 0 Å². The minimum atomic E-state index is -0.856. The van der Waals surface area contributed by atoms with Crippen LogP contribution in [0.2, 0.25) is 0 Å². The highest BCUT2D eigenvalue weighted by atomic mass is 16.4. The van der Waals surface area contributed by atoms with Crippen LogP contribution in [-0.2, 0) is 24.3 Å². The van der Waals surface area contributed by atoms with Crippen LogP contribution in [0.5, 0.6) is 0 Å². The lowest BCUT2D eigenvalue weighted by Crippen LogP contribution is -2.36. The average molecular weight is 497 g/mol. The van der Waals surface area contributed by atoms with Gasteiger partial charge in [0.25, 0.3) is 5.91 Å². The van der Waals surface area contributed by atoms with Crippen molar-refractivity contribution in [3.8, 4) is 0 Å². The molecule has 1 amide bonds. The molecule has 4 aromatic rings. The van der Waals surface area contributed by atoms with E-state index in [1.54, 1.807) is 0 Å². The van der Waals surface area contributed by atoms with Gasteiger partial charge in [0.15, 0.2) is 0 Å². The minimum absolute atomic E-state index is 0.0292. The van der Waals surface area contributed by atoms with E-state index in [9.17, 15) is 14.7 Å². The first-order chi connectivity index (χ1) is 17.8. The number of carbonyl (C=O) groups is 2. The summed E-state index contributed by atoms with van der Waals surface area (Å²) in [5.41, 5.74) is 9.84. The Bertz CT molecular complexity index is 1520. The second kappa shape index (κ2) is 9.81. The van der Waals surface area contributed by atoms with Gasteiger partial charge in [0.2, 0.25) is 0 Å². The van der Waals surface area contributed by atoms with E-state index >= 15 is 0 Å². The van der Waals surface area contributed by atoms with Gasteiger partial charge in [-0.1, -0.05) is 35.5 Å². The summed E-state index contributed by atoms with van der Waals surface area (Å²) in [5.74, 6) is -1.16. The number of carboxylic acids is 1. The maximum absolute atomic E-state index is 13.3. The molecule has 1 aliphatic heterocycles. The molecule has 0 fully saturated rings. The Morgan fingerprint density at radius 1 is 1.00 bits per heavy atom. The lowest BCUT2D eigenvalue weighted by molar-refractivity contribution is -0.137.